The van der Waals surface area contributed by atoms with Crippen molar-refractivity contribution >= 4 is 28.8 Å². The first kappa shape index (κ1) is 23.8. The standard InChI is InChI=1S/C28H26N4O3S/c1-15-17(3)36-28-25(15)26(29-23(14-24(34)35-5)27-31-30-18(4)32(27)28)20-11-9-19(10-12-20)22-8-6-7-21(13-22)16(2)33/h6-13,23H,14H2,1-5H3/t23-/m0/s1. The predicted molar refractivity (Wildman–Crippen MR) is 140 cm³/mol. The van der Waals surface area contributed by atoms with Crippen LogP contribution in [0.5, 0.6) is 0 Å². The highest BCUT2D eigenvalue weighted by Crippen LogP contribution is 2.39. The van der Waals surface area contributed by atoms with Gasteiger partial charge in [0.1, 0.15) is 16.9 Å². The van der Waals surface area contributed by atoms with Gasteiger partial charge >= 0.3 is 5.97 Å². The Balaban J connectivity index is 1.65. The first-order valence-electron chi connectivity index (χ1n) is 11.7. The van der Waals surface area contributed by atoms with E-state index in [1.807, 2.05) is 60.0 Å². The molecular formula is C28H26N4O3S. The molecule has 2 aromatic carbocycles. The molecule has 0 unspecified atom stereocenters. The molecule has 0 spiro atoms. The fraction of sp³-hybridized carbons (Fsp3) is 0.250. The predicted octanol–water partition coefficient (Wildman–Crippen LogP) is 5.58. The van der Waals surface area contributed by atoms with Gasteiger partial charge in [0.05, 0.1) is 19.2 Å². The normalized spacial score (nSPS) is 14.5. The van der Waals surface area contributed by atoms with Gasteiger partial charge < -0.3 is 4.74 Å². The molecule has 2 aromatic heterocycles. The molecule has 0 bridgehead atoms. The van der Waals surface area contributed by atoms with Crippen molar-refractivity contribution in [2.75, 3.05) is 7.11 Å². The first-order chi connectivity index (χ1) is 17.3. The lowest BCUT2D eigenvalue weighted by atomic mass is 9.96. The van der Waals surface area contributed by atoms with Crippen molar-refractivity contribution in [3.05, 3.63) is 87.3 Å². The lowest BCUT2D eigenvalue weighted by molar-refractivity contribution is -0.141. The van der Waals surface area contributed by atoms with Crippen molar-refractivity contribution in [3.63, 3.8) is 0 Å². The number of ketones is 1. The first-order valence-corrected chi connectivity index (χ1v) is 12.5. The van der Waals surface area contributed by atoms with Gasteiger partial charge in [0.25, 0.3) is 0 Å². The summed E-state index contributed by atoms with van der Waals surface area (Å²) in [4.78, 5) is 30.4. The summed E-state index contributed by atoms with van der Waals surface area (Å²) >= 11 is 1.68. The number of nitrogens with zero attached hydrogens (tertiary/aromatic N) is 4. The summed E-state index contributed by atoms with van der Waals surface area (Å²) in [5.74, 6) is 1.07. The van der Waals surface area contributed by atoms with Crippen LogP contribution >= 0.6 is 11.3 Å². The Morgan fingerprint density at radius 1 is 1.00 bits per heavy atom. The molecule has 1 aliphatic heterocycles. The summed E-state index contributed by atoms with van der Waals surface area (Å²) in [6.07, 6.45) is 0.0705. The molecule has 0 radical (unpaired) electrons. The quantitative estimate of drug-likeness (QED) is 0.265. The molecule has 1 atom stereocenters. The minimum absolute atomic E-state index is 0.0380. The van der Waals surface area contributed by atoms with E-state index in [9.17, 15) is 9.59 Å². The third kappa shape index (κ3) is 4.07. The number of carbonyl (C=O) groups excluding carboxylic acids is 2. The van der Waals surface area contributed by atoms with Gasteiger partial charge in [-0.2, -0.15) is 0 Å². The summed E-state index contributed by atoms with van der Waals surface area (Å²) < 4.78 is 6.98. The molecule has 3 heterocycles. The number of hydrogen-bond acceptors (Lipinski definition) is 7. The van der Waals surface area contributed by atoms with Gasteiger partial charge in [-0.1, -0.05) is 42.5 Å². The number of fused-ring (bicyclic) bond motifs is 3. The van der Waals surface area contributed by atoms with Crippen LogP contribution in [0.1, 0.15) is 63.0 Å². The number of carbonyl (C=O) groups is 2. The van der Waals surface area contributed by atoms with Gasteiger partial charge in [-0.25, -0.2) is 0 Å². The van der Waals surface area contributed by atoms with Crippen molar-refractivity contribution in [1.29, 1.82) is 0 Å². The van der Waals surface area contributed by atoms with Gasteiger partial charge in [0.15, 0.2) is 11.6 Å². The summed E-state index contributed by atoms with van der Waals surface area (Å²) in [5, 5.41) is 9.71. The van der Waals surface area contributed by atoms with Crippen LogP contribution in [0.15, 0.2) is 53.5 Å². The van der Waals surface area contributed by atoms with E-state index < -0.39 is 6.04 Å². The monoisotopic (exact) mass is 498 g/mol. The smallest absolute Gasteiger partial charge is 0.308 e. The Morgan fingerprint density at radius 2 is 1.72 bits per heavy atom. The van der Waals surface area contributed by atoms with E-state index in [-0.39, 0.29) is 18.2 Å². The van der Waals surface area contributed by atoms with E-state index >= 15 is 0 Å². The zero-order valence-corrected chi connectivity index (χ0v) is 21.6. The van der Waals surface area contributed by atoms with Crippen molar-refractivity contribution in [1.82, 2.24) is 14.8 Å². The molecule has 0 amide bonds. The van der Waals surface area contributed by atoms with E-state index in [4.69, 9.17) is 9.73 Å². The number of aryl methyl sites for hydroxylation is 2. The molecule has 7 nitrogen and oxygen atoms in total. The summed E-state index contributed by atoms with van der Waals surface area (Å²) in [6.45, 7) is 7.68. The van der Waals surface area contributed by atoms with Gasteiger partial charge in [0, 0.05) is 21.6 Å². The summed E-state index contributed by atoms with van der Waals surface area (Å²) in [5.41, 5.74) is 6.59. The third-order valence-corrected chi connectivity index (χ3v) is 7.78. The molecule has 1 aliphatic rings. The van der Waals surface area contributed by atoms with Crippen LogP contribution in [0.25, 0.3) is 16.1 Å². The number of methoxy groups -OCH3 is 1. The minimum Gasteiger partial charge on any atom is -0.469 e. The third-order valence-electron chi connectivity index (χ3n) is 6.59. The van der Waals surface area contributed by atoms with Gasteiger partial charge in [-0.3, -0.25) is 19.1 Å². The zero-order valence-electron chi connectivity index (χ0n) is 20.8. The molecule has 0 saturated heterocycles. The maximum atomic E-state index is 12.3. The van der Waals surface area contributed by atoms with Crippen molar-refractivity contribution in [2.45, 2.75) is 40.2 Å². The number of hydrogen-bond donors (Lipinski definition) is 0. The molecule has 36 heavy (non-hydrogen) atoms. The molecule has 8 heteroatoms. The molecule has 5 rings (SSSR count). The molecule has 0 saturated carbocycles. The highest BCUT2D eigenvalue weighted by atomic mass is 32.1. The fourth-order valence-corrected chi connectivity index (χ4v) is 5.72. The molecule has 0 aliphatic carbocycles. The summed E-state index contributed by atoms with van der Waals surface area (Å²) in [6, 6.07) is 15.3. The second kappa shape index (κ2) is 9.28. The number of thiophene rings is 1. The van der Waals surface area contributed by atoms with Gasteiger partial charge in [0.2, 0.25) is 0 Å². The second-order valence-electron chi connectivity index (χ2n) is 8.89. The van der Waals surface area contributed by atoms with Crippen LogP contribution < -0.4 is 0 Å². The van der Waals surface area contributed by atoms with Crippen molar-refractivity contribution < 1.29 is 14.3 Å². The minimum atomic E-state index is -0.528. The average Bonchev–Trinajstić information content (AvgIpc) is 3.36. The largest absolute Gasteiger partial charge is 0.469 e. The van der Waals surface area contributed by atoms with Crippen LogP contribution in [0.3, 0.4) is 0 Å². The van der Waals surface area contributed by atoms with E-state index in [0.29, 0.717) is 11.4 Å². The van der Waals surface area contributed by atoms with Gasteiger partial charge in [-0.15, -0.1) is 21.5 Å². The number of aliphatic imine (C=N–C) groups is 1. The Hall–Kier alpha value is -3.91. The highest BCUT2D eigenvalue weighted by Gasteiger charge is 2.32. The maximum absolute atomic E-state index is 12.3. The van der Waals surface area contributed by atoms with Crippen LogP contribution in [0, 0.1) is 20.8 Å². The Kier molecular flexibility index (Phi) is 6.14. The number of rotatable bonds is 5. The van der Waals surface area contributed by atoms with Crippen LogP contribution in [-0.4, -0.2) is 39.3 Å². The second-order valence-corrected chi connectivity index (χ2v) is 10.1. The number of aromatic nitrogens is 3. The molecule has 182 valence electrons. The van der Waals surface area contributed by atoms with Gasteiger partial charge in [-0.05, 0) is 50.5 Å². The Bertz CT molecular complexity index is 1530. The van der Waals surface area contributed by atoms with E-state index in [2.05, 4.69) is 24.0 Å². The zero-order chi connectivity index (χ0) is 25.6. The topological polar surface area (TPSA) is 86.4 Å². The van der Waals surface area contributed by atoms with Crippen molar-refractivity contribution in [2.24, 2.45) is 4.99 Å². The average molecular weight is 499 g/mol. The van der Waals surface area contributed by atoms with Crippen LogP contribution in [0.4, 0.5) is 0 Å². The number of benzene rings is 2. The molecule has 4 aromatic rings. The lowest BCUT2D eigenvalue weighted by Crippen LogP contribution is -2.12. The SMILES string of the molecule is COC(=O)C[C@@H]1N=C(c2ccc(-c3cccc(C(C)=O)c3)cc2)c2c(sc(C)c2C)-n2c(C)nnc21. The lowest BCUT2D eigenvalue weighted by Gasteiger charge is -2.12. The van der Waals surface area contributed by atoms with Crippen molar-refractivity contribution in [3.8, 4) is 16.1 Å². The fourth-order valence-electron chi connectivity index (χ4n) is 4.50. The number of ether oxygens (including phenoxy) is 1. The van der Waals surface area contributed by atoms with E-state index in [1.165, 1.54) is 12.0 Å². The number of esters is 1. The Labute approximate surface area is 213 Å². The summed E-state index contributed by atoms with van der Waals surface area (Å²) in [7, 11) is 1.38. The van der Waals surface area contributed by atoms with Crippen LogP contribution in [-0.2, 0) is 9.53 Å². The molecule has 0 fully saturated rings. The molecular weight excluding hydrogens is 472 g/mol. The molecule has 0 N–H and O–H groups in total. The maximum Gasteiger partial charge on any atom is 0.308 e. The van der Waals surface area contributed by atoms with E-state index in [0.717, 1.165) is 44.4 Å². The number of Topliss-reactive ketones (excluding diaryl/α,β-unsaturated/α-hetero) is 1. The highest BCUT2D eigenvalue weighted by molar-refractivity contribution is 7.15. The Morgan fingerprint density at radius 3 is 2.42 bits per heavy atom. The van der Waals surface area contributed by atoms with E-state index in [1.54, 1.807) is 18.3 Å². The van der Waals surface area contributed by atoms with Crippen LogP contribution in [0.2, 0.25) is 0 Å².